The lowest BCUT2D eigenvalue weighted by Gasteiger charge is -2.42. The van der Waals surface area contributed by atoms with Gasteiger partial charge in [0, 0.05) is 44.7 Å². The van der Waals surface area contributed by atoms with E-state index < -0.39 is 0 Å². The molecule has 0 radical (unpaired) electrons. The van der Waals surface area contributed by atoms with Crippen LogP contribution in [-0.2, 0) is 11.3 Å². The number of hydrogen-bond acceptors (Lipinski definition) is 5. The minimum atomic E-state index is 0. The zero-order valence-electron chi connectivity index (χ0n) is 18.2. The molecule has 0 amide bonds. The number of aromatic nitrogens is 1. The molecular weight excluding hydrogens is 481 g/mol. The van der Waals surface area contributed by atoms with Crippen molar-refractivity contribution in [1.29, 1.82) is 0 Å². The normalized spacial score (nSPS) is 20.3. The maximum Gasteiger partial charge on any atom is 0.191 e. The SMILES string of the molecule is CN=C(NCc1cc(C(C)C)no1)NCC1(CN2CCOCC2)CCCCC1.I. The van der Waals surface area contributed by atoms with Crippen molar-refractivity contribution in [2.24, 2.45) is 10.4 Å². The standard InChI is InChI=1S/C21H37N5O2.HI/c1-17(2)19-13-18(28-25-19)14-23-20(22-3)24-15-21(7-5-4-6-8-21)16-26-9-11-27-12-10-26;/h13,17H,4-12,14-16H2,1-3H3,(H2,22,23,24);1H. The first-order valence-electron chi connectivity index (χ1n) is 10.8. The summed E-state index contributed by atoms with van der Waals surface area (Å²) in [5, 5.41) is 11.1. The van der Waals surface area contributed by atoms with E-state index in [1.807, 2.05) is 13.1 Å². The third-order valence-electron chi connectivity index (χ3n) is 6.03. The monoisotopic (exact) mass is 519 g/mol. The van der Waals surface area contributed by atoms with Crippen molar-refractivity contribution in [2.75, 3.05) is 46.4 Å². The number of nitrogens with one attached hydrogen (secondary N) is 2. The number of morpholine rings is 1. The van der Waals surface area contributed by atoms with Crippen LogP contribution < -0.4 is 10.6 Å². The molecule has 0 bridgehead atoms. The molecule has 7 nitrogen and oxygen atoms in total. The van der Waals surface area contributed by atoms with E-state index >= 15 is 0 Å². The maximum absolute atomic E-state index is 5.53. The van der Waals surface area contributed by atoms with Gasteiger partial charge in [-0.1, -0.05) is 38.3 Å². The van der Waals surface area contributed by atoms with Crippen LogP contribution >= 0.6 is 24.0 Å². The fraction of sp³-hybridized carbons (Fsp3) is 0.810. The van der Waals surface area contributed by atoms with Crippen LogP contribution in [0, 0.1) is 5.41 Å². The van der Waals surface area contributed by atoms with Gasteiger partial charge in [0.15, 0.2) is 11.7 Å². The first-order valence-corrected chi connectivity index (χ1v) is 10.8. The number of nitrogens with zero attached hydrogens (tertiary/aromatic N) is 3. The summed E-state index contributed by atoms with van der Waals surface area (Å²) in [6.07, 6.45) is 6.59. The second-order valence-electron chi connectivity index (χ2n) is 8.60. The van der Waals surface area contributed by atoms with Crippen LogP contribution in [0.1, 0.15) is 63.3 Å². The molecule has 2 aliphatic rings. The third-order valence-corrected chi connectivity index (χ3v) is 6.03. The topological polar surface area (TPSA) is 74.9 Å². The van der Waals surface area contributed by atoms with Crippen molar-refractivity contribution >= 4 is 29.9 Å². The van der Waals surface area contributed by atoms with Gasteiger partial charge >= 0.3 is 0 Å². The van der Waals surface area contributed by atoms with E-state index in [1.54, 1.807) is 0 Å². The molecule has 1 aromatic rings. The van der Waals surface area contributed by atoms with Crippen molar-refractivity contribution in [3.8, 4) is 0 Å². The van der Waals surface area contributed by atoms with Crippen LogP contribution in [0.25, 0.3) is 0 Å². The molecule has 0 atom stereocenters. The Morgan fingerprint density at radius 2 is 1.93 bits per heavy atom. The van der Waals surface area contributed by atoms with Crippen molar-refractivity contribution in [3.05, 3.63) is 17.5 Å². The molecule has 0 unspecified atom stereocenters. The summed E-state index contributed by atoms with van der Waals surface area (Å²) in [6, 6.07) is 2.02. The Balaban J connectivity index is 0.00000300. The quantitative estimate of drug-likeness (QED) is 0.327. The molecule has 1 saturated carbocycles. The summed E-state index contributed by atoms with van der Waals surface area (Å²) in [5.74, 6) is 2.04. The molecule has 8 heteroatoms. The van der Waals surface area contributed by atoms with Crippen molar-refractivity contribution in [3.63, 3.8) is 0 Å². The van der Waals surface area contributed by atoms with E-state index in [1.165, 1.54) is 32.1 Å². The summed E-state index contributed by atoms with van der Waals surface area (Å²) in [5.41, 5.74) is 1.32. The number of rotatable bonds is 7. The van der Waals surface area contributed by atoms with Gasteiger partial charge in [-0.15, -0.1) is 24.0 Å². The molecule has 0 spiro atoms. The van der Waals surface area contributed by atoms with Crippen LogP contribution in [0.5, 0.6) is 0 Å². The number of ether oxygens (including phenoxy) is 1. The minimum absolute atomic E-state index is 0. The Hall–Kier alpha value is -0.870. The molecule has 166 valence electrons. The Morgan fingerprint density at radius 1 is 1.21 bits per heavy atom. The Bertz CT molecular complexity index is 622. The van der Waals surface area contributed by atoms with Gasteiger partial charge in [-0.25, -0.2) is 0 Å². The van der Waals surface area contributed by atoms with Crippen LogP contribution in [0.3, 0.4) is 0 Å². The molecule has 2 N–H and O–H groups in total. The Morgan fingerprint density at radius 3 is 2.55 bits per heavy atom. The van der Waals surface area contributed by atoms with E-state index in [0.717, 1.165) is 56.8 Å². The Labute approximate surface area is 192 Å². The van der Waals surface area contributed by atoms with E-state index in [2.05, 4.69) is 39.5 Å². The van der Waals surface area contributed by atoms with Gasteiger partial charge < -0.3 is 19.9 Å². The molecule has 0 aromatic carbocycles. The van der Waals surface area contributed by atoms with Gasteiger partial charge in [-0.3, -0.25) is 9.89 Å². The first kappa shape index (κ1) is 24.4. The molecule has 1 aliphatic carbocycles. The fourth-order valence-corrected chi connectivity index (χ4v) is 4.27. The average Bonchev–Trinajstić information content (AvgIpc) is 3.19. The van der Waals surface area contributed by atoms with E-state index in [0.29, 0.717) is 17.9 Å². The second kappa shape index (κ2) is 12.1. The lowest BCUT2D eigenvalue weighted by molar-refractivity contribution is 0.00820. The highest BCUT2D eigenvalue weighted by molar-refractivity contribution is 14.0. The average molecular weight is 519 g/mol. The summed E-state index contributed by atoms with van der Waals surface area (Å²) in [4.78, 5) is 6.98. The summed E-state index contributed by atoms with van der Waals surface area (Å²) in [7, 11) is 1.82. The number of hydrogen-bond donors (Lipinski definition) is 2. The first-order chi connectivity index (χ1) is 13.6. The van der Waals surface area contributed by atoms with Gasteiger partial charge in [0.25, 0.3) is 0 Å². The zero-order chi connectivity index (χ0) is 19.8. The van der Waals surface area contributed by atoms with Crippen LogP contribution in [-0.4, -0.2) is 62.5 Å². The van der Waals surface area contributed by atoms with Crippen molar-refractivity contribution < 1.29 is 9.26 Å². The molecule has 2 heterocycles. The van der Waals surface area contributed by atoms with Crippen molar-refractivity contribution in [2.45, 2.75) is 58.4 Å². The van der Waals surface area contributed by atoms with Gasteiger partial charge in [0.05, 0.1) is 25.5 Å². The minimum Gasteiger partial charge on any atom is -0.379 e. The highest BCUT2D eigenvalue weighted by Gasteiger charge is 2.34. The number of aliphatic imine (C=N–C) groups is 1. The van der Waals surface area contributed by atoms with Crippen LogP contribution in [0.4, 0.5) is 0 Å². The third kappa shape index (κ3) is 7.40. The van der Waals surface area contributed by atoms with E-state index in [-0.39, 0.29) is 24.0 Å². The van der Waals surface area contributed by atoms with Gasteiger partial charge in [0.1, 0.15) is 0 Å². The molecule has 1 saturated heterocycles. The molecule has 3 rings (SSSR count). The van der Waals surface area contributed by atoms with E-state index in [4.69, 9.17) is 9.26 Å². The molecule has 1 aliphatic heterocycles. The van der Waals surface area contributed by atoms with Gasteiger partial charge in [-0.05, 0) is 18.8 Å². The largest absolute Gasteiger partial charge is 0.379 e. The summed E-state index contributed by atoms with van der Waals surface area (Å²) >= 11 is 0. The molecular formula is C21H38IN5O2. The van der Waals surface area contributed by atoms with Gasteiger partial charge in [-0.2, -0.15) is 0 Å². The number of guanidine groups is 1. The predicted molar refractivity (Wildman–Crippen MR) is 127 cm³/mol. The smallest absolute Gasteiger partial charge is 0.191 e. The molecule has 1 aromatic heterocycles. The van der Waals surface area contributed by atoms with Gasteiger partial charge in [0.2, 0.25) is 0 Å². The fourth-order valence-electron chi connectivity index (χ4n) is 4.27. The predicted octanol–water partition coefficient (Wildman–Crippen LogP) is 3.36. The molecule has 29 heavy (non-hydrogen) atoms. The summed E-state index contributed by atoms with van der Waals surface area (Å²) < 4.78 is 10.9. The summed E-state index contributed by atoms with van der Waals surface area (Å²) in [6.45, 7) is 10.8. The Kier molecular flexibility index (Phi) is 10.2. The molecule has 2 fully saturated rings. The van der Waals surface area contributed by atoms with E-state index in [9.17, 15) is 0 Å². The lowest BCUT2D eigenvalue weighted by atomic mass is 9.73. The highest BCUT2D eigenvalue weighted by atomic mass is 127. The van der Waals surface area contributed by atoms with Crippen LogP contribution in [0.15, 0.2) is 15.6 Å². The second-order valence-corrected chi connectivity index (χ2v) is 8.60. The maximum atomic E-state index is 5.53. The van der Waals surface area contributed by atoms with Crippen LogP contribution in [0.2, 0.25) is 0 Å². The number of halogens is 1. The highest BCUT2D eigenvalue weighted by Crippen LogP contribution is 2.36. The zero-order valence-corrected chi connectivity index (χ0v) is 20.5. The van der Waals surface area contributed by atoms with Crippen molar-refractivity contribution in [1.82, 2.24) is 20.7 Å². The lowest BCUT2D eigenvalue weighted by Crippen LogP contribution is -2.51.